The summed E-state index contributed by atoms with van der Waals surface area (Å²) in [6.07, 6.45) is 2.76. The molecule has 1 aliphatic carbocycles. The van der Waals surface area contributed by atoms with E-state index in [-0.39, 0.29) is 0 Å². The molecule has 16 heavy (non-hydrogen) atoms. The van der Waals surface area contributed by atoms with E-state index in [2.05, 4.69) is 54.5 Å². The molecule has 1 aromatic rings. The van der Waals surface area contributed by atoms with Crippen LogP contribution in [0.5, 0.6) is 0 Å². The minimum Gasteiger partial charge on any atom is -0.309 e. The van der Waals surface area contributed by atoms with Gasteiger partial charge in [-0.1, -0.05) is 37.3 Å². The van der Waals surface area contributed by atoms with Gasteiger partial charge < -0.3 is 10.2 Å². The Morgan fingerprint density at radius 3 is 2.56 bits per heavy atom. The highest BCUT2D eigenvalue weighted by Crippen LogP contribution is 2.27. The van der Waals surface area contributed by atoms with Gasteiger partial charge in [0.15, 0.2) is 0 Å². The lowest BCUT2D eigenvalue weighted by atomic mass is 10.1. The fourth-order valence-corrected chi connectivity index (χ4v) is 2.17. The lowest BCUT2D eigenvalue weighted by molar-refractivity contribution is 0.283. The van der Waals surface area contributed by atoms with E-state index >= 15 is 0 Å². The van der Waals surface area contributed by atoms with E-state index in [0.29, 0.717) is 6.04 Å². The quantitative estimate of drug-likeness (QED) is 0.789. The standard InChI is InChI=1S/C14H22N2/c1-3-15-14(11-16(2)13-9-10-13)12-7-5-4-6-8-12/h4-8,13-15H,3,9-11H2,1-2H3. The summed E-state index contributed by atoms with van der Waals surface area (Å²) >= 11 is 0. The second-order valence-corrected chi connectivity index (χ2v) is 4.69. The number of hydrogen-bond acceptors (Lipinski definition) is 2. The largest absolute Gasteiger partial charge is 0.309 e. The molecule has 1 unspecified atom stereocenters. The van der Waals surface area contributed by atoms with Crippen LogP contribution < -0.4 is 5.32 Å². The molecule has 88 valence electrons. The van der Waals surface area contributed by atoms with Crippen molar-refractivity contribution in [1.29, 1.82) is 0 Å². The van der Waals surface area contributed by atoms with Gasteiger partial charge in [0.25, 0.3) is 0 Å². The summed E-state index contributed by atoms with van der Waals surface area (Å²) < 4.78 is 0. The van der Waals surface area contributed by atoms with Crippen molar-refractivity contribution in [2.24, 2.45) is 0 Å². The molecule has 2 nitrogen and oxygen atoms in total. The number of benzene rings is 1. The van der Waals surface area contributed by atoms with Gasteiger partial charge in [-0.05, 0) is 32.0 Å². The molecular formula is C14H22N2. The molecule has 2 heteroatoms. The zero-order valence-electron chi connectivity index (χ0n) is 10.3. The van der Waals surface area contributed by atoms with E-state index in [1.165, 1.54) is 18.4 Å². The van der Waals surface area contributed by atoms with E-state index in [1.54, 1.807) is 0 Å². The molecule has 0 spiro atoms. The SMILES string of the molecule is CCNC(CN(C)C1CC1)c1ccccc1. The molecule has 2 rings (SSSR count). The normalized spacial score (nSPS) is 17.7. The highest BCUT2D eigenvalue weighted by Gasteiger charge is 2.27. The van der Waals surface area contributed by atoms with Gasteiger partial charge in [0.05, 0.1) is 0 Å². The monoisotopic (exact) mass is 218 g/mol. The maximum atomic E-state index is 3.57. The van der Waals surface area contributed by atoms with Gasteiger partial charge in [-0.3, -0.25) is 0 Å². The molecule has 0 amide bonds. The van der Waals surface area contributed by atoms with Gasteiger partial charge in [0, 0.05) is 18.6 Å². The van der Waals surface area contributed by atoms with Crippen molar-refractivity contribution in [3.05, 3.63) is 35.9 Å². The van der Waals surface area contributed by atoms with Gasteiger partial charge >= 0.3 is 0 Å². The molecule has 0 aromatic heterocycles. The number of nitrogens with zero attached hydrogens (tertiary/aromatic N) is 1. The summed E-state index contributed by atoms with van der Waals surface area (Å²) in [4.78, 5) is 2.49. The maximum Gasteiger partial charge on any atom is 0.0449 e. The Morgan fingerprint density at radius 2 is 2.00 bits per heavy atom. The zero-order valence-corrected chi connectivity index (χ0v) is 10.3. The lowest BCUT2D eigenvalue weighted by Crippen LogP contribution is -2.34. The molecule has 0 aliphatic heterocycles. The predicted octanol–water partition coefficient (Wildman–Crippen LogP) is 2.43. The van der Waals surface area contributed by atoms with Crippen molar-refractivity contribution in [2.45, 2.75) is 31.8 Å². The summed E-state index contributed by atoms with van der Waals surface area (Å²) in [5.74, 6) is 0. The molecule has 0 heterocycles. The van der Waals surface area contributed by atoms with E-state index in [1.807, 2.05) is 0 Å². The first kappa shape index (κ1) is 11.6. The summed E-state index contributed by atoms with van der Waals surface area (Å²) in [6, 6.07) is 12.1. The Hall–Kier alpha value is -0.860. The summed E-state index contributed by atoms with van der Waals surface area (Å²) in [5, 5.41) is 3.57. The van der Waals surface area contributed by atoms with Crippen LogP contribution in [0.1, 0.15) is 31.4 Å². The van der Waals surface area contributed by atoms with Crippen molar-refractivity contribution in [1.82, 2.24) is 10.2 Å². The van der Waals surface area contributed by atoms with Crippen LogP contribution in [-0.2, 0) is 0 Å². The zero-order chi connectivity index (χ0) is 11.4. The number of nitrogens with one attached hydrogen (secondary N) is 1. The number of likely N-dealkylation sites (N-methyl/N-ethyl adjacent to an activating group) is 2. The van der Waals surface area contributed by atoms with Crippen LogP contribution in [0, 0.1) is 0 Å². The van der Waals surface area contributed by atoms with E-state index in [4.69, 9.17) is 0 Å². The van der Waals surface area contributed by atoms with E-state index in [0.717, 1.165) is 19.1 Å². The lowest BCUT2D eigenvalue weighted by Gasteiger charge is -2.25. The smallest absolute Gasteiger partial charge is 0.0449 e. The molecule has 1 fully saturated rings. The third-order valence-electron chi connectivity index (χ3n) is 3.29. The molecule has 1 saturated carbocycles. The van der Waals surface area contributed by atoms with Crippen LogP contribution in [0.15, 0.2) is 30.3 Å². The van der Waals surface area contributed by atoms with Crippen LogP contribution in [-0.4, -0.2) is 31.1 Å². The first-order chi connectivity index (χ1) is 7.81. The topological polar surface area (TPSA) is 15.3 Å². The van der Waals surface area contributed by atoms with Crippen LogP contribution in [0.4, 0.5) is 0 Å². The van der Waals surface area contributed by atoms with Crippen LogP contribution in [0.2, 0.25) is 0 Å². The van der Waals surface area contributed by atoms with Gasteiger partial charge in [-0.15, -0.1) is 0 Å². The van der Waals surface area contributed by atoms with E-state index in [9.17, 15) is 0 Å². The average Bonchev–Trinajstić information content (AvgIpc) is 3.13. The predicted molar refractivity (Wildman–Crippen MR) is 68.5 cm³/mol. The second kappa shape index (κ2) is 5.46. The van der Waals surface area contributed by atoms with Crippen LogP contribution in [0.25, 0.3) is 0 Å². The Bertz CT molecular complexity index is 306. The molecule has 1 aromatic carbocycles. The molecular weight excluding hydrogens is 196 g/mol. The molecule has 1 N–H and O–H groups in total. The third-order valence-corrected chi connectivity index (χ3v) is 3.29. The maximum absolute atomic E-state index is 3.57. The van der Waals surface area contributed by atoms with Gasteiger partial charge in [0.2, 0.25) is 0 Å². The molecule has 1 atom stereocenters. The molecule has 0 radical (unpaired) electrons. The van der Waals surface area contributed by atoms with Crippen molar-refractivity contribution in [2.75, 3.05) is 20.1 Å². The Labute approximate surface area is 98.7 Å². The highest BCUT2D eigenvalue weighted by atomic mass is 15.2. The summed E-state index contributed by atoms with van der Waals surface area (Å²) in [6.45, 7) is 4.31. The molecule has 1 aliphatic rings. The van der Waals surface area contributed by atoms with Crippen molar-refractivity contribution >= 4 is 0 Å². The summed E-state index contributed by atoms with van der Waals surface area (Å²) in [5.41, 5.74) is 1.40. The van der Waals surface area contributed by atoms with Crippen molar-refractivity contribution in [3.63, 3.8) is 0 Å². The van der Waals surface area contributed by atoms with Gasteiger partial charge in [-0.2, -0.15) is 0 Å². The van der Waals surface area contributed by atoms with Crippen molar-refractivity contribution < 1.29 is 0 Å². The minimum absolute atomic E-state index is 0.469. The number of rotatable bonds is 6. The average molecular weight is 218 g/mol. The Morgan fingerprint density at radius 1 is 1.31 bits per heavy atom. The fourth-order valence-electron chi connectivity index (χ4n) is 2.17. The Kier molecular flexibility index (Phi) is 3.97. The Balaban J connectivity index is 1.98. The van der Waals surface area contributed by atoms with Crippen LogP contribution in [0.3, 0.4) is 0 Å². The van der Waals surface area contributed by atoms with Crippen LogP contribution >= 0.6 is 0 Å². The first-order valence-electron chi connectivity index (χ1n) is 6.30. The fraction of sp³-hybridized carbons (Fsp3) is 0.571. The van der Waals surface area contributed by atoms with Crippen molar-refractivity contribution in [3.8, 4) is 0 Å². The third kappa shape index (κ3) is 3.06. The van der Waals surface area contributed by atoms with Gasteiger partial charge in [0.1, 0.15) is 0 Å². The highest BCUT2D eigenvalue weighted by molar-refractivity contribution is 5.19. The second-order valence-electron chi connectivity index (χ2n) is 4.69. The minimum atomic E-state index is 0.469. The molecule has 0 bridgehead atoms. The summed E-state index contributed by atoms with van der Waals surface area (Å²) in [7, 11) is 2.24. The number of hydrogen-bond donors (Lipinski definition) is 1. The van der Waals surface area contributed by atoms with E-state index < -0.39 is 0 Å². The first-order valence-corrected chi connectivity index (χ1v) is 6.30. The molecule has 0 saturated heterocycles. The van der Waals surface area contributed by atoms with Gasteiger partial charge in [-0.25, -0.2) is 0 Å².